The lowest BCUT2D eigenvalue weighted by Gasteiger charge is -2.33. The van der Waals surface area contributed by atoms with E-state index in [0.29, 0.717) is 30.8 Å². The van der Waals surface area contributed by atoms with Crippen molar-refractivity contribution >= 4 is 17.0 Å². The van der Waals surface area contributed by atoms with E-state index in [1.165, 1.54) is 6.07 Å². The molecule has 0 aliphatic heterocycles. The minimum absolute atomic E-state index is 0.0620. The van der Waals surface area contributed by atoms with E-state index in [9.17, 15) is 13.6 Å². The van der Waals surface area contributed by atoms with Crippen LogP contribution in [0.25, 0.3) is 17.0 Å². The fraction of sp³-hybridized carbons (Fsp3) is 0.370. The van der Waals surface area contributed by atoms with E-state index in [2.05, 4.69) is 5.32 Å². The number of aromatic nitrogens is 1. The second-order valence-corrected chi connectivity index (χ2v) is 8.96. The molecule has 1 aliphatic rings. The van der Waals surface area contributed by atoms with E-state index in [0.717, 1.165) is 48.7 Å². The minimum atomic E-state index is -0.450. The summed E-state index contributed by atoms with van der Waals surface area (Å²) in [6, 6.07) is 12.8. The number of pyridine rings is 1. The van der Waals surface area contributed by atoms with E-state index in [1.807, 2.05) is 30.3 Å². The van der Waals surface area contributed by atoms with Crippen LogP contribution < -0.4 is 21.3 Å². The van der Waals surface area contributed by atoms with Gasteiger partial charge in [0.1, 0.15) is 17.4 Å². The molecule has 0 radical (unpaired) electrons. The van der Waals surface area contributed by atoms with Crippen molar-refractivity contribution in [1.29, 1.82) is 0 Å². The van der Waals surface area contributed by atoms with Crippen LogP contribution in [0.4, 0.5) is 8.78 Å². The van der Waals surface area contributed by atoms with Crippen LogP contribution in [0.1, 0.15) is 31.2 Å². The first-order valence-electron chi connectivity index (χ1n) is 11.7. The van der Waals surface area contributed by atoms with E-state index in [-0.39, 0.29) is 17.2 Å². The first kappa shape index (κ1) is 24.1. The van der Waals surface area contributed by atoms with Crippen LogP contribution in [-0.2, 0) is 6.54 Å². The quantitative estimate of drug-likeness (QED) is 0.513. The molecule has 4 rings (SSSR count). The van der Waals surface area contributed by atoms with Crippen molar-refractivity contribution in [3.8, 4) is 5.75 Å². The van der Waals surface area contributed by atoms with E-state index < -0.39 is 11.6 Å². The van der Waals surface area contributed by atoms with Crippen molar-refractivity contribution in [3.63, 3.8) is 0 Å². The number of nitrogens with one attached hydrogen (secondary N) is 1. The predicted octanol–water partition coefficient (Wildman–Crippen LogP) is 4.48. The van der Waals surface area contributed by atoms with Gasteiger partial charge in [-0.2, -0.15) is 0 Å². The summed E-state index contributed by atoms with van der Waals surface area (Å²) in [4.78, 5) is 12.6. The van der Waals surface area contributed by atoms with Crippen LogP contribution in [0.5, 0.6) is 5.75 Å². The van der Waals surface area contributed by atoms with Gasteiger partial charge in [-0.1, -0.05) is 12.2 Å². The fourth-order valence-electron chi connectivity index (χ4n) is 4.76. The summed E-state index contributed by atoms with van der Waals surface area (Å²) in [5, 5.41) is 4.45. The van der Waals surface area contributed by atoms with Crippen molar-refractivity contribution < 1.29 is 13.5 Å². The van der Waals surface area contributed by atoms with Crippen LogP contribution in [0.2, 0.25) is 0 Å². The third-order valence-electron chi connectivity index (χ3n) is 6.75. The fourth-order valence-corrected chi connectivity index (χ4v) is 4.76. The zero-order valence-corrected chi connectivity index (χ0v) is 19.3. The molecule has 1 atom stereocenters. The van der Waals surface area contributed by atoms with Crippen molar-refractivity contribution in [3.05, 3.63) is 82.2 Å². The zero-order valence-electron chi connectivity index (χ0n) is 19.3. The van der Waals surface area contributed by atoms with Crippen LogP contribution in [0, 0.1) is 17.6 Å². The average molecular weight is 468 g/mol. The van der Waals surface area contributed by atoms with Crippen LogP contribution >= 0.6 is 0 Å². The zero-order chi connectivity index (χ0) is 24.1. The largest absolute Gasteiger partial charge is 0.497 e. The first-order valence-corrected chi connectivity index (χ1v) is 11.7. The van der Waals surface area contributed by atoms with Gasteiger partial charge in [-0.3, -0.25) is 4.79 Å². The lowest BCUT2D eigenvalue weighted by molar-refractivity contribution is 0.249. The first-order chi connectivity index (χ1) is 16.4. The summed E-state index contributed by atoms with van der Waals surface area (Å²) in [5.74, 6) is 0.161. The van der Waals surface area contributed by atoms with Gasteiger partial charge in [-0.25, -0.2) is 8.78 Å². The average Bonchev–Trinajstić information content (AvgIpc) is 2.85. The number of nitrogens with zero attached hydrogens (tertiary/aromatic N) is 1. The molecule has 180 valence electrons. The predicted molar refractivity (Wildman–Crippen MR) is 132 cm³/mol. The van der Waals surface area contributed by atoms with Crippen LogP contribution in [-0.4, -0.2) is 30.3 Å². The van der Waals surface area contributed by atoms with Crippen molar-refractivity contribution in [2.45, 2.75) is 44.3 Å². The molecule has 1 saturated carbocycles. The maximum atomic E-state index is 13.7. The Balaban J connectivity index is 1.31. The summed E-state index contributed by atoms with van der Waals surface area (Å²) >= 11 is 0. The molecule has 34 heavy (non-hydrogen) atoms. The van der Waals surface area contributed by atoms with Crippen LogP contribution in [0.3, 0.4) is 0 Å². The molecule has 3 aromatic rings. The molecule has 1 unspecified atom stereocenters. The van der Waals surface area contributed by atoms with Crippen molar-refractivity contribution in [2.24, 2.45) is 11.7 Å². The second-order valence-electron chi connectivity index (χ2n) is 8.96. The van der Waals surface area contributed by atoms with Crippen molar-refractivity contribution in [2.75, 3.05) is 13.7 Å². The number of nitrogens with two attached hydrogens (primary N) is 1. The lowest BCUT2D eigenvalue weighted by Crippen LogP contribution is -2.42. The number of halogens is 2. The van der Waals surface area contributed by atoms with E-state index >= 15 is 0 Å². The Hall–Kier alpha value is -3.03. The molecule has 1 heterocycles. The molecule has 7 heteroatoms. The van der Waals surface area contributed by atoms with E-state index in [1.54, 1.807) is 23.8 Å². The summed E-state index contributed by atoms with van der Waals surface area (Å²) in [6.07, 6.45) is 7.34. The van der Waals surface area contributed by atoms with Gasteiger partial charge in [0, 0.05) is 42.9 Å². The molecule has 0 spiro atoms. The van der Waals surface area contributed by atoms with Gasteiger partial charge < -0.3 is 20.4 Å². The Morgan fingerprint density at radius 3 is 2.65 bits per heavy atom. The van der Waals surface area contributed by atoms with Gasteiger partial charge in [-0.15, -0.1) is 0 Å². The third-order valence-corrected chi connectivity index (χ3v) is 6.75. The number of hydrogen-bond acceptors (Lipinski definition) is 4. The van der Waals surface area contributed by atoms with Gasteiger partial charge in [0.05, 0.1) is 12.6 Å². The molecule has 2 aromatic carbocycles. The monoisotopic (exact) mass is 467 g/mol. The Morgan fingerprint density at radius 1 is 1.12 bits per heavy atom. The van der Waals surface area contributed by atoms with E-state index in [4.69, 9.17) is 10.5 Å². The Labute approximate surface area is 198 Å². The summed E-state index contributed by atoms with van der Waals surface area (Å²) < 4.78 is 34.1. The summed E-state index contributed by atoms with van der Waals surface area (Å²) in [5.41, 5.74) is 7.60. The second kappa shape index (κ2) is 10.9. The molecule has 0 amide bonds. The molecule has 1 aromatic heterocycles. The standard InChI is InChI=1S/C27H31F2N3O2/c1-34-23-11-6-19-7-13-27(33)32(26(19)16-23)17-25(30)18-4-9-22(10-5-18)31-14-2-3-20-15-21(28)8-12-24(20)29/h2-3,6-8,11-13,15-16,18,22,25,31H,4-5,9-10,14,17,30H2,1H3/b3-2+. The highest BCUT2D eigenvalue weighted by Crippen LogP contribution is 2.28. The molecular formula is C27H31F2N3O2. The Kier molecular flexibility index (Phi) is 7.75. The lowest BCUT2D eigenvalue weighted by atomic mass is 9.81. The van der Waals surface area contributed by atoms with Crippen LogP contribution in [0.15, 0.2) is 59.4 Å². The smallest absolute Gasteiger partial charge is 0.251 e. The third kappa shape index (κ3) is 5.72. The molecule has 0 bridgehead atoms. The maximum absolute atomic E-state index is 13.7. The highest BCUT2D eigenvalue weighted by Gasteiger charge is 2.26. The molecular weight excluding hydrogens is 436 g/mol. The molecule has 1 aliphatic carbocycles. The molecule has 0 saturated heterocycles. The number of rotatable bonds is 8. The van der Waals surface area contributed by atoms with Gasteiger partial charge >= 0.3 is 0 Å². The van der Waals surface area contributed by atoms with Crippen molar-refractivity contribution in [1.82, 2.24) is 9.88 Å². The number of hydrogen-bond donors (Lipinski definition) is 2. The highest BCUT2D eigenvalue weighted by molar-refractivity contribution is 5.80. The Morgan fingerprint density at radius 2 is 1.88 bits per heavy atom. The number of fused-ring (bicyclic) bond motifs is 1. The molecule has 3 N–H and O–H groups in total. The van der Waals surface area contributed by atoms with Gasteiger partial charge in [0.25, 0.3) is 5.56 Å². The maximum Gasteiger partial charge on any atom is 0.251 e. The van der Waals surface area contributed by atoms with Gasteiger partial charge in [-0.05, 0) is 73.4 Å². The minimum Gasteiger partial charge on any atom is -0.497 e. The van der Waals surface area contributed by atoms with Gasteiger partial charge in [0.2, 0.25) is 0 Å². The Bertz CT molecular complexity index is 1220. The number of ether oxygens (including phenoxy) is 1. The number of benzene rings is 2. The summed E-state index contributed by atoms with van der Waals surface area (Å²) in [6.45, 7) is 1.05. The van der Waals surface area contributed by atoms with Gasteiger partial charge in [0.15, 0.2) is 0 Å². The topological polar surface area (TPSA) is 69.3 Å². The molecule has 1 fully saturated rings. The molecule has 5 nitrogen and oxygen atoms in total. The normalized spacial score (nSPS) is 19.5. The highest BCUT2D eigenvalue weighted by atomic mass is 19.1. The summed E-state index contributed by atoms with van der Waals surface area (Å²) in [7, 11) is 1.61. The SMILES string of the molecule is COc1ccc2ccc(=O)n(CC(N)C3CCC(NC/C=C/c4cc(F)ccc4F)CC3)c2c1. The number of methoxy groups -OCH3 is 1.